The summed E-state index contributed by atoms with van der Waals surface area (Å²) in [4.78, 5) is 24.1. The molecule has 5 aromatic rings. The number of carbonyl (C=O) groups is 1. The van der Waals surface area contributed by atoms with E-state index in [0.29, 0.717) is 48.3 Å². The number of H-pyrrole nitrogens is 1. The van der Waals surface area contributed by atoms with E-state index in [4.69, 9.17) is 21.1 Å². The largest absolute Gasteiger partial charge is 0.492 e. The predicted molar refractivity (Wildman–Crippen MR) is 155 cm³/mol. The molecule has 5 rings (SSSR count). The average Bonchev–Trinajstić information content (AvgIpc) is 3.39. The molecule has 0 aliphatic rings. The first-order chi connectivity index (χ1) is 19.5. The summed E-state index contributed by atoms with van der Waals surface area (Å²) in [7, 11) is 1.56. The Morgan fingerprint density at radius 3 is 2.60 bits per heavy atom. The highest BCUT2D eigenvalue weighted by Gasteiger charge is 2.12. The number of amides is 1. The minimum atomic E-state index is -0.267. The summed E-state index contributed by atoms with van der Waals surface area (Å²) < 4.78 is 24.1. The molecule has 40 heavy (non-hydrogen) atoms. The second-order valence-corrected chi connectivity index (χ2v) is 9.44. The number of aromatic amines is 1. The first-order valence-corrected chi connectivity index (χ1v) is 13.0. The fourth-order valence-electron chi connectivity index (χ4n) is 4.14. The normalized spacial score (nSPS) is 11.0. The fraction of sp³-hybridized carbons (Fsp3) is 0.167. The third-order valence-electron chi connectivity index (χ3n) is 6.16. The third-order valence-corrected chi connectivity index (χ3v) is 6.46. The van der Waals surface area contributed by atoms with Crippen LogP contribution in [0.4, 0.5) is 21.6 Å². The summed E-state index contributed by atoms with van der Waals surface area (Å²) in [5.41, 5.74) is 5.56. The summed E-state index contributed by atoms with van der Waals surface area (Å²) in [6.45, 7) is 0.743. The monoisotopic (exact) mass is 559 g/mol. The molecule has 0 fully saturated rings. The number of carbonyl (C=O) groups excluding carboxylic acids is 1. The van der Waals surface area contributed by atoms with Gasteiger partial charge in [-0.3, -0.25) is 4.79 Å². The van der Waals surface area contributed by atoms with Gasteiger partial charge in [0.15, 0.2) is 5.82 Å². The Hall–Kier alpha value is -4.47. The van der Waals surface area contributed by atoms with Crippen molar-refractivity contribution in [3.05, 3.63) is 95.5 Å². The predicted octanol–water partition coefficient (Wildman–Crippen LogP) is 6.76. The minimum Gasteiger partial charge on any atom is -0.492 e. The SMILES string of the molecule is COCCC(=O)Nc1ccc(-c2cc3ncnc(Nc4ccc(OCCc5cccc(F)c5)c(Cl)c4)c3[nH]2)cc1. The van der Waals surface area contributed by atoms with Crippen molar-refractivity contribution < 1.29 is 18.7 Å². The van der Waals surface area contributed by atoms with Crippen LogP contribution in [-0.4, -0.2) is 41.2 Å². The Morgan fingerprint density at radius 2 is 1.82 bits per heavy atom. The first kappa shape index (κ1) is 27.1. The Balaban J connectivity index is 1.25. The van der Waals surface area contributed by atoms with E-state index in [1.165, 1.54) is 18.5 Å². The van der Waals surface area contributed by atoms with Crippen molar-refractivity contribution in [3.63, 3.8) is 0 Å². The summed E-state index contributed by atoms with van der Waals surface area (Å²) in [5, 5.41) is 6.59. The van der Waals surface area contributed by atoms with Crippen molar-refractivity contribution in [3.8, 4) is 17.0 Å². The van der Waals surface area contributed by atoms with Gasteiger partial charge in [-0.2, -0.15) is 0 Å². The van der Waals surface area contributed by atoms with Crippen molar-refractivity contribution in [1.29, 1.82) is 0 Å². The fourth-order valence-corrected chi connectivity index (χ4v) is 4.38. The van der Waals surface area contributed by atoms with Crippen LogP contribution >= 0.6 is 11.6 Å². The molecule has 0 aliphatic heterocycles. The highest BCUT2D eigenvalue weighted by Crippen LogP contribution is 2.32. The molecule has 0 bridgehead atoms. The summed E-state index contributed by atoms with van der Waals surface area (Å²) in [6.07, 6.45) is 2.35. The van der Waals surface area contributed by atoms with Crippen molar-refractivity contribution >= 4 is 45.7 Å². The lowest BCUT2D eigenvalue weighted by atomic mass is 10.1. The van der Waals surface area contributed by atoms with Crippen molar-refractivity contribution in [2.24, 2.45) is 0 Å². The van der Waals surface area contributed by atoms with E-state index < -0.39 is 0 Å². The molecule has 3 aromatic carbocycles. The van der Waals surface area contributed by atoms with Crippen LogP contribution in [-0.2, 0) is 16.0 Å². The summed E-state index contributed by atoms with van der Waals surface area (Å²) >= 11 is 6.48. The molecule has 2 aromatic heterocycles. The van der Waals surface area contributed by atoms with Crippen molar-refractivity contribution in [1.82, 2.24) is 15.0 Å². The van der Waals surface area contributed by atoms with Gasteiger partial charge in [-0.1, -0.05) is 35.9 Å². The molecule has 3 N–H and O–H groups in total. The van der Waals surface area contributed by atoms with Crippen LogP contribution in [0.25, 0.3) is 22.3 Å². The van der Waals surface area contributed by atoms with Crippen LogP contribution in [0.15, 0.2) is 79.1 Å². The van der Waals surface area contributed by atoms with Crippen LogP contribution in [0.5, 0.6) is 5.75 Å². The molecule has 8 nitrogen and oxygen atoms in total. The Morgan fingerprint density at radius 1 is 1.00 bits per heavy atom. The van der Waals surface area contributed by atoms with E-state index in [1.807, 2.05) is 42.5 Å². The highest BCUT2D eigenvalue weighted by atomic mass is 35.5. The van der Waals surface area contributed by atoms with E-state index in [0.717, 1.165) is 33.5 Å². The molecule has 0 radical (unpaired) electrons. The lowest BCUT2D eigenvalue weighted by molar-refractivity contribution is -0.117. The van der Waals surface area contributed by atoms with Gasteiger partial charge in [0, 0.05) is 30.6 Å². The van der Waals surface area contributed by atoms with E-state index in [1.54, 1.807) is 25.3 Å². The van der Waals surface area contributed by atoms with Gasteiger partial charge in [-0.25, -0.2) is 14.4 Å². The number of rotatable bonds is 11. The van der Waals surface area contributed by atoms with Gasteiger partial charge in [0.1, 0.15) is 23.4 Å². The van der Waals surface area contributed by atoms with E-state index in [9.17, 15) is 9.18 Å². The molecule has 0 saturated heterocycles. The molecule has 0 atom stereocenters. The van der Waals surface area contributed by atoms with Crippen LogP contribution in [0, 0.1) is 5.82 Å². The molecule has 0 aliphatic carbocycles. The number of nitrogens with zero attached hydrogens (tertiary/aromatic N) is 2. The summed E-state index contributed by atoms with van der Waals surface area (Å²) in [6, 6.07) is 21.3. The number of halogens is 2. The zero-order valence-electron chi connectivity index (χ0n) is 21.7. The first-order valence-electron chi connectivity index (χ1n) is 12.7. The molecular weight excluding hydrogens is 533 g/mol. The maximum Gasteiger partial charge on any atom is 0.226 e. The second kappa shape index (κ2) is 12.6. The lowest BCUT2D eigenvalue weighted by Crippen LogP contribution is -2.13. The average molecular weight is 560 g/mol. The molecule has 10 heteroatoms. The van der Waals surface area contributed by atoms with Crippen LogP contribution in [0.1, 0.15) is 12.0 Å². The number of benzene rings is 3. The minimum absolute atomic E-state index is 0.102. The Labute approximate surface area is 235 Å². The zero-order chi connectivity index (χ0) is 27.9. The number of hydrogen-bond acceptors (Lipinski definition) is 6. The van der Waals surface area contributed by atoms with E-state index in [-0.39, 0.29) is 11.7 Å². The van der Waals surface area contributed by atoms with Gasteiger partial charge in [0.05, 0.1) is 30.2 Å². The van der Waals surface area contributed by atoms with E-state index >= 15 is 0 Å². The second-order valence-electron chi connectivity index (χ2n) is 9.03. The Bertz CT molecular complexity index is 1620. The number of anilines is 3. The molecule has 0 saturated carbocycles. The van der Waals surface area contributed by atoms with Crippen molar-refractivity contribution in [2.45, 2.75) is 12.8 Å². The smallest absolute Gasteiger partial charge is 0.226 e. The van der Waals surface area contributed by atoms with Gasteiger partial charge in [-0.15, -0.1) is 0 Å². The van der Waals surface area contributed by atoms with Gasteiger partial charge in [0.2, 0.25) is 5.91 Å². The third kappa shape index (κ3) is 6.74. The number of nitrogens with one attached hydrogen (secondary N) is 3. The van der Waals surface area contributed by atoms with Gasteiger partial charge in [-0.05, 0) is 59.7 Å². The number of hydrogen-bond donors (Lipinski definition) is 3. The van der Waals surface area contributed by atoms with Gasteiger partial charge < -0.3 is 25.1 Å². The molecular formula is C30H27ClFN5O3. The summed E-state index contributed by atoms with van der Waals surface area (Å²) in [5.74, 6) is 0.761. The van der Waals surface area contributed by atoms with E-state index in [2.05, 4.69) is 25.6 Å². The molecule has 0 spiro atoms. The zero-order valence-corrected chi connectivity index (χ0v) is 22.5. The number of fused-ring (bicyclic) bond motifs is 1. The van der Waals surface area contributed by atoms with Gasteiger partial charge >= 0.3 is 0 Å². The maximum atomic E-state index is 13.4. The number of methoxy groups -OCH3 is 1. The standard InChI is InChI=1S/C30H27ClFN5O3/c1-39-13-12-28(38)35-22-7-5-20(6-8-22)25-17-26-29(37-25)30(34-18-33-26)36-23-9-10-27(24(31)16-23)40-14-11-19-3-2-4-21(32)15-19/h2-10,15-18,37H,11-14H2,1H3,(H,35,38)(H,33,34,36). The van der Waals surface area contributed by atoms with Crippen molar-refractivity contribution in [2.75, 3.05) is 31.0 Å². The number of ether oxygens (including phenoxy) is 2. The Kier molecular flexibility index (Phi) is 8.53. The maximum absolute atomic E-state index is 13.4. The van der Waals surface area contributed by atoms with Crippen LogP contribution in [0.2, 0.25) is 5.02 Å². The van der Waals surface area contributed by atoms with Gasteiger partial charge in [0.25, 0.3) is 0 Å². The topological polar surface area (TPSA) is 101 Å². The molecule has 0 unspecified atom stereocenters. The van der Waals surface area contributed by atoms with Crippen LogP contribution < -0.4 is 15.4 Å². The molecule has 1 amide bonds. The highest BCUT2D eigenvalue weighted by molar-refractivity contribution is 6.32. The quantitative estimate of drug-likeness (QED) is 0.165. The molecule has 204 valence electrons. The lowest BCUT2D eigenvalue weighted by Gasteiger charge is -2.11. The van der Waals surface area contributed by atoms with Crippen LogP contribution in [0.3, 0.4) is 0 Å². The number of aromatic nitrogens is 3. The molecule has 2 heterocycles.